The van der Waals surface area contributed by atoms with Crippen molar-refractivity contribution >= 4 is 22.6 Å². The minimum atomic E-state index is -0.0832. The highest BCUT2D eigenvalue weighted by Gasteiger charge is 2.24. The number of rotatable bonds is 7. The molecule has 1 heterocycles. The van der Waals surface area contributed by atoms with Gasteiger partial charge in [0.15, 0.2) is 0 Å². The molecule has 166 valence electrons. The molecule has 0 spiro atoms. The van der Waals surface area contributed by atoms with Crippen LogP contribution in [0.3, 0.4) is 0 Å². The number of nitrogens with one attached hydrogen (secondary N) is 2. The van der Waals surface area contributed by atoms with Crippen molar-refractivity contribution in [2.24, 2.45) is 0 Å². The second-order valence-electron chi connectivity index (χ2n) is 8.49. The number of carbonyl (C=O) groups is 2. The third kappa shape index (κ3) is 5.35. The van der Waals surface area contributed by atoms with E-state index in [0.717, 1.165) is 30.2 Å². The topological polar surface area (TPSA) is 61.4 Å². The molecule has 0 unspecified atom stereocenters. The molecule has 1 fully saturated rings. The summed E-state index contributed by atoms with van der Waals surface area (Å²) in [5, 5.41) is 8.53. The zero-order valence-electron chi connectivity index (χ0n) is 18.6. The van der Waals surface area contributed by atoms with Crippen LogP contribution in [0.25, 0.3) is 10.8 Å². The number of hydrogen-bond donors (Lipinski definition) is 2. The van der Waals surface area contributed by atoms with E-state index in [1.165, 1.54) is 5.56 Å². The number of fused-ring (bicyclic) bond motifs is 1. The van der Waals surface area contributed by atoms with Crippen molar-refractivity contribution in [3.63, 3.8) is 0 Å². The molecule has 2 amide bonds. The highest BCUT2D eigenvalue weighted by atomic mass is 16.2. The molecule has 0 radical (unpaired) electrons. The van der Waals surface area contributed by atoms with Crippen LogP contribution in [-0.4, -0.2) is 48.9 Å². The van der Waals surface area contributed by atoms with E-state index in [-0.39, 0.29) is 17.9 Å². The largest absolute Gasteiger partial charge is 0.350 e. The summed E-state index contributed by atoms with van der Waals surface area (Å²) in [6.07, 6.45) is 1.81. The lowest BCUT2D eigenvalue weighted by atomic mass is 9.96. The molecule has 5 nitrogen and oxygen atoms in total. The third-order valence-corrected chi connectivity index (χ3v) is 6.37. The van der Waals surface area contributed by atoms with Crippen LogP contribution < -0.4 is 10.6 Å². The van der Waals surface area contributed by atoms with Gasteiger partial charge >= 0.3 is 0 Å². The van der Waals surface area contributed by atoms with Crippen molar-refractivity contribution in [3.8, 4) is 0 Å². The lowest BCUT2D eigenvalue weighted by Gasteiger charge is -2.26. The highest BCUT2D eigenvalue weighted by Crippen LogP contribution is 2.21. The van der Waals surface area contributed by atoms with Crippen LogP contribution in [0.2, 0.25) is 0 Å². The van der Waals surface area contributed by atoms with Gasteiger partial charge in [-0.15, -0.1) is 0 Å². The molecule has 3 aromatic rings. The SMILES string of the molecule is CC[C@@H](CN1CC[C@@H](CNC(=O)c2ccc3ccccc3c2)NCC1=O)c1ccccc1. The summed E-state index contributed by atoms with van der Waals surface area (Å²) in [5.74, 6) is 0.382. The molecule has 0 saturated carbocycles. The molecule has 32 heavy (non-hydrogen) atoms. The Morgan fingerprint density at radius 1 is 1.06 bits per heavy atom. The van der Waals surface area contributed by atoms with Crippen molar-refractivity contribution in [2.45, 2.75) is 31.7 Å². The number of nitrogens with zero attached hydrogens (tertiary/aromatic N) is 1. The third-order valence-electron chi connectivity index (χ3n) is 6.37. The summed E-state index contributed by atoms with van der Waals surface area (Å²) in [7, 11) is 0. The van der Waals surface area contributed by atoms with E-state index in [1.807, 2.05) is 53.4 Å². The van der Waals surface area contributed by atoms with E-state index in [2.05, 4.69) is 41.8 Å². The first kappa shape index (κ1) is 22.0. The molecule has 0 aliphatic carbocycles. The predicted octanol–water partition coefficient (Wildman–Crippen LogP) is 3.95. The zero-order valence-corrected chi connectivity index (χ0v) is 18.6. The van der Waals surface area contributed by atoms with Gasteiger partial charge in [-0.3, -0.25) is 9.59 Å². The van der Waals surface area contributed by atoms with E-state index >= 15 is 0 Å². The van der Waals surface area contributed by atoms with Crippen molar-refractivity contribution in [1.82, 2.24) is 15.5 Å². The number of hydrogen-bond acceptors (Lipinski definition) is 3. The number of benzene rings is 3. The Morgan fingerprint density at radius 2 is 1.81 bits per heavy atom. The molecule has 4 rings (SSSR count). The van der Waals surface area contributed by atoms with Gasteiger partial charge in [-0.1, -0.05) is 67.6 Å². The minimum absolute atomic E-state index is 0.0742. The quantitative estimate of drug-likeness (QED) is 0.598. The van der Waals surface area contributed by atoms with E-state index in [1.54, 1.807) is 0 Å². The molecular weight excluding hydrogens is 398 g/mol. The second kappa shape index (κ2) is 10.4. The van der Waals surface area contributed by atoms with Crippen molar-refractivity contribution in [1.29, 1.82) is 0 Å². The average molecular weight is 430 g/mol. The zero-order chi connectivity index (χ0) is 22.3. The molecule has 1 aliphatic heterocycles. The molecule has 0 aromatic heterocycles. The fourth-order valence-electron chi connectivity index (χ4n) is 4.36. The van der Waals surface area contributed by atoms with Gasteiger partial charge in [0, 0.05) is 37.2 Å². The van der Waals surface area contributed by atoms with E-state index in [9.17, 15) is 9.59 Å². The molecule has 1 aliphatic rings. The summed E-state index contributed by atoms with van der Waals surface area (Å²) < 4.78 is 0. The summed E-state index contributed by atoms with van der Waals surface area (Å²) in [4.78, 5) is 27.3. The molecule has 1 saturated heterocycles. The van der Waals surface area contributed by atoms with Gasteiger partial charge in [-0.25, -0.2) is 0 Å². The molecule has 2 atom stereocenters. The van der Waals surface area contributed by atoms with Crippen LogP contribution in [-0.2, 0) is 4.79 Å². The molecule has 0 bridgehead atoms. The lowest BCUT2D eigenvalue weighted by molar-refractivity contribution is -0.129. The summed E-state index contributed by atoms with van der Waals surface area (Å²) in [6, 6.07) is 24.3. The fourth-order valence-corrected chi connectivity index (χ4v) is 4.36. The first-order valence-electron chi connectivity index (χ1n) is 11.5. The van der Waals surface area contributed by atoms with Crippen LogP contribution in [0.1, 0.15) is 41.6 Å². The Morgan fingerprint density at radius 3 is 2.59 bits per heavy atom. The Balaban J connectivity index is 1.32. The van der Waals surface area contributed by atoms with Crippen LogP contribution in [0.5, 0.6) is 0 Å². The molecule has 3 aromatic carbocycles. The molecule has 2 N–H and O–H groups in total. The van der Waals surface area contributed by atoms with Gasteiger partial charge in [-0.2, -0.15) is 0 Å². The van der Waals surface area contributed by atoms with Crippen LogP contribution >= 0.6 is 0 Å². The maximum atomic E-state index is 12.7. The minimum Gasteiger partial charge on any atom is -0.350 e. The van der Waals surface area contributed by atoms with Gasteiger partial charge in [-0.05, 0) is 41.3 Å². The van der Waals surface area contributed by atoms with Crippen molar-refractivity contribution in [3.05, 3.63) is 83.9 Å². The smallest absolute Gasteiger partial charge is 0.251 e. The fraction of sp³-hybridized carbons (Fsp3) is 0.333. The first-order valence-corrected chi connectivity index (χ1v) is 11.5. The van der Waals surface area contributed by atoms with Gasteiger partial charge in [0.1, 0.15) is 0 Å². The van der Waals surface area contributed by atoms with Gasteiger partial charge in [0.2, 0.25) is 5.91 Å². The standard InChI is InChI=1S/C27H31N3O2/c1-2-20(21-8-4-3-5-9-21)19-30-15-14-25(28-18-26(30)31)17-29-27(32)24-13-12-22-10-6-7-11-23(22)16-24/h3-13,16,20,25,28H,2,14-15,17-19H2,1H3,(H,29,32)/t20-,25-/m0/s1. The van der Waals surface area contributed by atoms with E-state index in [0.29, 0.717) is 31.1 Å². The van der Waals surface area contributed by atoms with Gasteiger partial charge in [0.05, 0.1) is 6.54 Å². The van der Waals surface area contributed by atoms with Crippen LogP contribution in [0.15, 0.2) is 72.8 Å². The Bertz CT molecular complexity index is 1070. The maximum Gasteiger partial charge on any atom is 0.251 e. The Hall–Kier alpha value is -3.18. The lowest BCUT2D eigenvalue weighted by Crippen LogP contribution is -2.42. The van der Waals surface area contributed by atoms with Gasteiger partial charge < -0.3 is 15.5 Å². The normalized spacial score (nSPS) is 17.7. The first-order chi connectivity index (χ1) is 15.6. The monoisotopic (exact) mass is 429 g/mol. The van der Waals surface area contributed by atoms with Gasteiger partial charge in [0.25, 0.3) is 5.91 Å². The van der Waals surface area contributed by atoms with Crippen molar-refractivity contribution in [2.75, 3.05) is 26.2 Å². The summed E-state index contributed by atoms with van der Waals surface area (Å²) in [6.45, 7) is 4.41. The van der Waals surface area contributed by atoms with E-state index in [4.69, 9.17) is 0 Å². The Labute approximate surface area is 189 Å². The summed E-state index contributed by atoms with van der Waals surface area (Å²) in [5.41, 5.74) is 1.93. The highest BCUT2D eigenvalue weighted by molar-refractivity contribution is 5.98. The number of carbonyl (C=O) groups excluding carboxylic acids is 2. The maximum absolute atomic E-state index is 12.7. The van der Waals surface area contributed by atoms with Crippen LogP contribution in [0.4, 0.5) is 0 Å². The van der Waals surface area contributed by atoms with Crippen molar-refractivity contribution < 1.29 is 9.59 Å². The molecule has 5 heteroatoms. The van der Waals surface area contributed by atoms with Crippen LogP contribution in [0, 0.1) is 0 Å². The Kier molecular flexibility index (Phi) is 7.17. The number of amides is 2. The second-order valence-corrected chi connectivity index (χ2v) is 8.49. The molecular formula is C27H31N3O2. The average Bonchev–Trinajstić information content (AvgIpc) is 3.02. The predicted molar refractivity (Wildman–Crippen MR) is 129 cm³/mol. The summed E-state index contributed by atoms with van der Waals surface area (Å²) >= 11 is 0. The van der Waals surface area contributed by atoms with E-state index < -0.39 is 0 Å².